The second-order valence-corrected chi connectivity index (χ2v) is 5.66. The smallest absolute Gasteiger partial charge is 0.163 e. The fourth-order valence-electron chi connectivity index (χ4n) is 2.89. The molecule has 0 spiro atoms. The zero-order chi connectivity index (χ0) is 13.2. The molecule has 2 aromatic rings. The van der Waals surface area contributed by atoms with Crippen LogP contribution in [0.25, 0.3) is 5.65 Å². The monoisotopic (exact) mass is 259 g/mol. The van der Waals surface area contributed by atoms with Crippen LogP contribution >= 0.6 is 0 Å². The first-order valence-corrected chi connectivity index (χ1v) is 7.11. The van der Waals surface area contributed by atoms with E-state index in [2.05, 4.69) is 27.4 Å². The van der Waals surface area contributed by atoms with Gasteiger partial charge in [-0.25, -0.2) is 4.98 Å². The number of hydrogen-bond acceptors (Lipinski definition) is 4. The van der Waals surface area contributed by atoms with Crippen LogP contribution < -0.4 is 5.32 Å². The molecule has 0 amide bonds. The number of fused-ring (bicyclic) bond motifs is 1. The zero-order valence-corrected chi connectivity index (χ0v) is 11.6. The van der Waals surface area contributed by atoms with Gasteiger partial charge in [-0.2, -0.15) is 0 Å². The average molecular weight is 259 g/mol. The fourth-order valence-corrected chi connectivity index (χ4v) is 2.89. The summed E-state index contributed by atoms with van der Waals surface area (Å²) in [7, 11) is 0. The van der Waals surface area contributed by atoms with Crippen molar-refractivity contribution < 1.29 is 0 Å². The molecule has 5 nitrogen and oxygen atoms in total. The van der Waals surface area contributed by atoms with Gasteiger partial charge in [0.05, 0.1) is 0 Å². The van der Waals surface area contributed by atoms with Crippen molar-refractivity contribution in [2.24, 2.45) is 11.8 Å². The molecule has 0 saturated carbocycles. The van der Waals surface area contributed by atoms with Crippen molar-refractivity contribution in [1.82, 2.24) is 24.9 Å². The van der Waals surface area contributed by atoms with Crippen molar-refractivity contribution in [3.8, 4) is 0 Å². The number of hydrogen-bond donors (Lipinski definition) is 1. The summed E-state index contributed by atoms with van der Waals surface area (Å²) < 4.78 is 2.01. The third-order valence-corrected chi connectivity index (χ3v) is 4.15. The molecule has 3 rings (SSSR count). The van der Waals surface area contributed by atoms with Gasteiger partial charge in [0.1, 0.15) is 12.2 Å². The molecule has 3 heterocycles. The highest BCUT2D eigenvalue weighted by atomic mass is 15.3. The second kappa shape index (κ2) is 5.25. The van der Waals surface area contributed by atoms with Gasteiger partial charge in [0.2, 0.25) is 0 Å². The lowest BCUT2D eigenvalue weighted by Crippen LogP contribution is -2.34. The predicted molar refractivity (Wildman–Crippen MR) is 74.0 cm³/mol. The molecule has 1 N–H and O–H groups in total. The van der Waals surface area contributed by atoms with Crippen LogP contribution in [0.2, 0.25) is 0 Å². The quantitative estimate of drug-likeness (QED) is 0.910. The minimum absolute atomic E-state index is 0.626. The summed E-state index contributed by atoms with van der Waals surface area (Å²) in [6.07, 6.45) is 5.42. The molecule has 2 atom stereocenters. The van der Waals surface area contributed by atoms with Crippen molar-refractivity contribution in [2.45, 2.75) is 33.1 Å². The summed E-state index contributed by atoms with van der Waals surface area (Å²) in [5.41, 5.74) is 1.88. The van der Waals surface area contributed by atoms with Crippen molar-refractivity contribution >= 4 is 5.65 Å². The first-order valence-electron chi connectivity index (χ1n) is 7.11. The number of aromatic nitrogens is 4. The highest BCUT2D eigenvalue weighted by Gasteiger charge is 2.21. The SMILES string of the molecule is Cc1cc2nnc(CC(C)C3CCCNC3)n2cn1. The fraction of sp³-hybridized carbons (Fsp3) is 0.643. The van der Waals surface area contributed by atoms with E-state index in [1.807, 2.05) is 23.7 Å². The molecule has 0 aromatic carbocycles. The van der Waals surface area contributed by atoms with Crippen molar-refractivity contribution in [3.63, 3.8) is 0 Å². The Labute approximate surface area is 113 Å². The Morgan fingerprint density at radius 2 is 2.37 bits per heavy atom. The molecule has 1 fully saturated rings. The van der Waals surface area contributed by atoms with Gasteiger partial charge in [-0.1, -0.05) is 6.92 Å². The summed E-state index contributed by atoms with van der Waals surface area (Å²) in [6, 6.07) is 1.98. The molecular formula is C14H21N5. The van der Waals surface area contributed by atoms with Gasteiger partial charge in [-0.15, -0.1) is 10.2 Å². The zero-order valence-electron chi connectivity index (χ0n) is 11.6. The second-order valence-electron chi connectivity index (χ2n) is 5.66. The molecule has 2 aromatic heterocycles. The summed E-state index contributed by atoms with van der Waals surface area (Å²) in [5.74, 6) is 2.40. The maximum absolute atomic E-state index is 4.33. The molecular weight excluding hydrogens is 238 g/mol. The Bertz CT molecular complexity index is 556. The van der Waals surface area contributed by atoms with Gasteiger partial charge < -0.3 is 5.32 Å². The topological polar surface area (TPSA) is 55.1 Å². The number of aryl methyl sites for hydroxylation is 1. The molecule has 5 heteroatoms. The third kappa shape index (κ3) is 2.61. The Kier molecular flexibility index (Phi) is 3.46. The average Bonchev–Trinajstić information content (AvgIpc) is 2.82. The van der Waals surface area contributed by atoms with Crippen LogP contribution in [0, 0.1) is 18.8 Å². The molecule has 2 unspecified atom stereocenters. The van der Waals surface area contributed by atoms with Gasteiger partial charge in [0.15, 0.2) is 5.65 Å². The maximum Gasteiger partial charge on any atom is 0.163 e. The van der Waals surface area contributed by atoms with E-state index >= 15 is 0 Å². The summed E-state index contributed by atoms with van der Waals surface area (Å²) in [4.78, 5) is 4.33. The summed E-state index contributed by atoms with van der Waals surface area (Å²) in [5, 5.41) is 12.0. The lowest BCUT2D eigenvalue weighted by Gasteiger charge is -2.27. The van der Waals surface area contributed by atoms with Crippen molar-refractivity contribution in [3.05, 3.63) is 23.9 Å². The molecule has 1 aliphatic heterocycles. The van der Waals surface area contributed by atoms with Gasteiger partial charge in [0.25, 0.3) is 0 Å². The highest BCUT2D eigenvalue weighted by molar-refractivity contribution is 5.38. The first-order chi connectivity index (χ1) is 9.24. The first kappa shape index (κ1) is 12.5. The number of nitrogens with one attached hydrogen (secondary N) is 1. The summed E-state index contributed by atoms with van der Waals surface area (Å²) >= 11 is 0. The Morgan fingerprint density at radius 3 is 3.16 bits per heavy atom. The molecule has 19 heavy (non-hydrogen) atoms. The van der Waals surface area contributed by atoms with E-state index in [1.54, 1.807) is 0 Å². The molecule has 0 bridgehead atoms. The van der Waals surface area contributed by atoms with Crippen LogP contribution in [0.1, 0.15) is 31.3 Å². The minimum Gasteiger partial charge on any atom is -0.316 e. The van der Waals surface area contributed by atoms with Crippen LogP contribution in [-0.2, 0) is 6.42 Å². The number of piperidine rings is 1. The Morgan fingerprint density at radius 1 is 1.47 bits per heavy atom. The van der Waals surface area contributed by atoms with Crippen molar-refractivity contribution in [1.29, 1.82) is 0 Å². The third-order valence-electron chi connectivity index (χ3n) is 4.15. The Balaban J connectivity index is 1.77. The maximum atomic E-state index is 4.33. The molecule has 1 aliphatic rings. The lowest BCUT2D eigenvalue weighted by atomic mass is 9.85. The van der Waals surface area contributed by atoms with E-state index in [1.165, 1.54) is 19.4 Å². The molecule has 1 saturated heterocycles. The number of nitrogens with zero attached hydrogens (tertiary/aromatic N) is 4. The van der Waals surface area contributed by atoms with Crippen molar-refractivity contribution in [2.75, 3.05) is 13.1 Å². The molecule has 102 valence electrons. The Hall–Kier alpha value is -1.49. The van der Waals surface area contributed by atoms with E-state index in [0.29, 0.717) is 5.92 Å². The largest absolute Gasteiger partial charge is 0.316 e. The summed E-state index contributed by atoms with van der Waals surface area (Å²) in [6.45, 7) is 6.60. The van der Waals surface area contributed by atoms with Crippen LogP contribution in [0.3, 0.4) is 0 Å². The van der Waals surface area contributed by atoms with E-state index < -0.39 is 0 Å². The van der Waals surface area contributed by atoms with E-state index in [9.17, 15) is 0 Å². The van der Waals surface area contributed by atoms with Crippen LogP contribution in [0.4, 0.5) is 0 Å². The van der Waals surface area contributed by atoms with Crippen LogP contribution in [0.5, 0.6) is 0 Å². The van der Waals surface area contributed by atoms with E-state index in [4.69, 9.17) is 0 Å². The van der Waals surface area contributed by atoms with Gasteiger partial charge in [-0.05, 0) is 44.7 Å². The normalized spacial score (nSPS) is 21.7. The highest BCUT2D eigenvalue weighted by Crippen LogP contribution is 2.22. The molecule has 0 aliphatic carbocycles. The van der Waals surface area contributed by atoms with Gasteiger partial charge >= 0.3 is 0 Å². The predicted octanol–water partition coefficient (Wildman–Crippen LogP) is 1.61. The minimum atomic E-state index is 0.626. The van der Waals surface area contributed by atoms with Gasteiger partial charge in [-0.3, -0.25) is 4.40 Å². The molecule has 0 radical (unpaired) electrons. The standard InChI is InChI=1S/C14H21N5/c1-10(12-4-3-5-15-8-12)6-13-17-18-14-7-11(2)16-9-19(13)14/h7,9-10,12,15H,3-6,8H2,1-2H3. The van der Waals surface area contributed by atoms with E-state index in [-0.39, 0.29) is 0 Å². The van der Waals surface area contributed by atoms with Gasteiger partial charge in [0, 0.05) is 18.2 Å². The van der Waals surface area contributed by atoms with E-state index in [0.717, 1.165) is 36.0 Å². The van der Waals surface area contributed by atoms with Crippen LogP contribution in [-0.4, -0.2) is 32.7 Å². The lowest BCUT2D eigenvalue weighted by molar-refractivity contribution is 0.275. The van der Waals surface area contributed by atoms with Crippen LogP contribution in [0.15, 0.2) is 12.4 Å². The number of rotatable bonds is 3.